The maximum atomic E-state index is 12.4. The molecule has 0 unspecified atom stereocenters. The Morgan fingerprint density at radius 1 is 0.966 bits per heavy atom. The zero-order valence-corrected chi connectivity index (χ0v) is 18.1. The van der Waals surface area contributed by atoms with Gasteiger partial charge in [-0.3, -0.25) is 14.5 Å². The summed E-state index contributed by atoms with van der Waals surface area (Å²) < 4.78 is 11.0. The van der Waals surface area contributed by atoms with Crippen molar-refractivity contribution in [2.45, 2.75) is 0 Å². The van der Waals surface area contributed by atoms with Gasteiger partial charge in [-0.15, -0.1) is 11.8 Å². The smallest absolute Gasteiger partial charge is 0.232 e. The SMILES string of the molecule is O=C(CSCC(=O)N1CCN(CCOc2ccccc2Cl)CC1)N1CCOCC1. The number of nitrogens with zero attached hydrogens (tertiary/aromatic N) is 3. The number of hydrogen-bond donors (Lipinski definition) is 0. The number of carbonyl (C=O) groups is 2. The van der Waals surface area contributed by atoms with E-state index in [9.17, 15) is 9.59 Å². The minimum absolute atomic E-state index is 0.0921. The number of ether oxygens (including phenoxy) is 2. The molecule has 2 aliphatic heterocycles. The Morgan fingerprint density at radius 3 is 2.24 bits per heavy atom. The van der Waals surface area contributed by atoms with Crippen LogP contribution in [0.25, 0.3) is 0 Å². The molecule has 0 N–H and O–H groups in total. The Kier molecular flexibility index (Phi) is 8.92. The van der Waals surface area contributed by atoms with E-state index < -0.39 is 0 Å². The van der Waals surface area contributed by atoms with Gasteiger partial charge in [0, 0.05) is 45.8 Å². The highest BCUT2D eigenvalue weighted by Crippen LogP contribution is 2.22. The molecule has 9 heteroatoms. The molecule has 2 amide bonds. The number of hydrogen-bond acceptors (Lipinski definition) is 6. The number of piperazine rings is 1. The molecule has 0 saturated carbocycles. The zero-order valence-electron chi connectivity index (χ0n) is 16.6. The van der Waals surface area contributed by atoms with Gasteiger partial charge in [-0.2, -0.15) is 0 Å². The average Bonchev–Trinajstić information content (AvgIpc) is 2.76. The molecule has 1 aromatic carbocycles. The van der Waals surface area contributed by atoms with E-state index in [1.165, 1.54) is 11.8 Å². The number of halogens is 1. The summed E-state index contributed by atoms with van der Waals surface area (Å²) in [5.41, 5.74) is 0. The predicted octanol–water partition coefficient (Wildman–Crippen LogP) is 1.45. The van der Waals surface area contributed by atoms with Crippen LogP contribution < -0.4 is 4.74 Å². The highest BCUT2D eigenvalue weighted by atomic mass is 35.5. The Balaban J connectivity index is 1.28. The molecule has 0 bridgehead atoms. The predicted molar refractivity (Wildman–Crippen MR) is 115 cm³/mol. The molecule has 2 aliphatic rings. The third-order valence-electron chi connectivity index (χ3n) is 5.04. The third kappa shape index (κ3) is 7.06. The van der Waals surface area contributed by atoms with Crippen molar-refractivity contribution in [3.63, 3.8) is 0 Å². The summed E-state index contributed by atoms with van der Waals surface area (Å²) in [6.45, 7) is 6.94. The van der Waals surface area contributed by atoms with Crippen LogP contribution in [0.15, 0.2) is 24.3 Å². The second kappa shape index (κ2) is 11.6. The fraction of sp³-hybridized carbons (Fsp3) is 0.600. The fourth-order valence-corrected chi connectivity index (χ4v) is 4.30. The molecule has 1 aromatic rings. The molecule has 0 aliphatic carbocycles. The van der Waals surface area contributed by atoms with Gasteiger partial charge < -0.3 is 19.3 Å². The number of carbonyl (C=O) groups excluding carboxylic acids is 2. The molecule has 2 saturated heterocycles. The number of amides is 2. The van der Waals surface area contributed by atoms with E-state index in [0.717, 1.165) is 19.6 Å². The first-order valence-electron chi connectivity index (χ1n) is 9.94. The Hall–Kier alpha value is -1.48. The van der Waals surface area contributed by atoms with E-state index in [1.807, 2.05) is 34.1 Å². The van der Waals surface area contributed by atoms with Crippen LogP contribution in [0.3, 0.4) is 0 Å². The normalized spacial score (nSPS) is 18.0. The van der Waals surface area contributed by atoms with E-state index in [4.69, 9.17) is 21.1 Å². The van der Waals surface area contributed by atoms with Crippen LogP contribution in [-0.2, 0) is 14.3 Å². The molecule has 0 aromatic heterocycles. The van der Waals surface area contributed by atoms with Crippen molar-refractivity contribution >= 4 is 35.2 Å². The van der Waals surface area contributed by atoms with E-state index in [0.29, 0.717) is 68.3 Å². The van der Waals surface area contributed by atoms with Crippen LogP contribution in [0.4, 0.5) is 0 Å². The molecule has 0 spiro atoms. The van der Waals surface area contributed by atoms with Gasteiger partial charge in [0.15, 0.2) is 0 Å². The van der Waals surface area contributed by atoms with Crippen LogP contribution in [0.2, 0.25) is 5.02 Å². The van der Waals surface area contributed by atoms with Gasteiger partial charge in [0.1, 0.15) is 12.4 Å². The van der Waals surface area contributed by atoms with Crippen molar-refractivity contribution in [3.05, 3.63) is 29.3 Å². The highest BCUT2D eigenvalue weighted by molar-refractivity contribution is 8.00. The van der Waals surface area contributed by atoms with E-state index >= 15 is 0 Å². The second-order valence-electron chi connectivity index (χ2n) is 6.99. The molecular weight excluding hydrogens is 414 g/mol. The lowest BCUT2D eigenvalue weighted by molar-refractivity contribution is -0.132. The maximum Gasteiger partial charge on any atom is 0.232 e. The van der Waals surface area contributed by atoms with Crippen LogP contribution in [0, 0.1) is 0 Å². The number of rotatable bonds is 8. The molecule has 160 valence electrons. The van der Waals surface area contributed by atoms with Crippen LogP contribution >= 0.6 is 23.4 Å². The Labute approximate surface area is 181 Å². The summed E-state index contributed by atoms with van der Waals surface area (Å²) in [7, 11) is 0. The van der Waals surface area contributed by atoms with Gasteiger partial charge >= 0.3 is 0 Å². The zero-order chi connectivity index (χ0) is 20.5. The standard InChI is InChI=1S/C20H28ClN3O4S/c21-17-3-1-2-4-18(17)28-14-9-22-5-7-23(8-6-22)19(25)15-29-16-20(26)24-10-12-27-13-11-24/h1-4H,5-16H2. The minimum Gasteiger partial charge on any atom is -0.491 e. The van der Waals surface area contributed by atoms with Crippen molar-refractivity contribution in [2.75, 3.05) is 77.1 Å². The van der Waals surface area contributed by atoms with Gasteiger partial charge in [-0.25, -0.2) is 0 Å². The average molecular weight is 442 g/mol. The molecule has 0 atom stereocenters. The number of para-hydroxylation sites is 1. The molecule has 0 radical (unpaired) electrons. The summed E-state index contributed by atoms with van der Waals surface area (Å²) in [6.07, 6.45) is 0. The molecule has 2 heterocycles. The first-order chi connectivity index (χ1) is 14.1. The van der Waals surface area contributed by atoms with E-state index in [-0.39, 0.29) is 11.8 Å². The number of morpholine rings is 1. The van der Waals surface area contributed by atoms with Crippen LogP contribution in [-0.4, -0.2) is 104 Å². The van der Waals surface area contributed by atoms with E-state index in [1.54, 1.807) is 0 Å². The Morgan fingerprint density at radius 2 is 1.59 bits per heavy atom. The fourth-order valence-electron chi connectivity index (χ4n) is 3.29. The maximum absolute atomic E-state index is 12.4. The molecule has 2 fully saturated rings. The molecular formula is C20H28ClN3O4S. The monoisotopic (exact) mass is 441 g/mol. The van der Waals surface area contributed by atoms with Crippen molar-refractivity contribution in [3.8, 4) is 5.75 Å². The van der Waals surface area contributed by atoms with Gasteiger partial charge in [-0.1, -0.05) is 23.7 Å². The first-order valence-corrected chi connectivity index (χ1v) is 11.5. The van der Waals surface area contributed by atoms with Crippen molar-refractivity contribution < 1.29 is 19.1 Å². The summed E-state index contributed by atoms with van der Waals surface area (Å²) in [5, 5.41) is 0.618. The first kappa shape index (κ1) is 22.2. The lowest BCUT2D eigenvalue weighted by Gasteiger charge is -2.34. The summed E-state index contributed by atoms with van der Waals surface area (Å²) in [5.74, 6) is 1.61. The second-order valence-corrected chi connectivity index (χ2v) is 8.38. The van der Waals surface area contributed by atoms with Crippen molar-refractivity contribution in [2.24, 2.45) is 0 Å². The quantitative estimate of drug-likeness (QED) is 0.608. The van der Waals surface area contributed by atoms with Gasteiger partial charge in [0.05, 0.1) is 29.7 Å². The lowest BCUT2D eigenvalue weighted by Crippen LogP contribution is -2.50. The third-order valence-corrected chi connectivity index (χ3v) is 6.26. The molecule has 3 rings (SSSR count). The summed E-state index contributed by atoms with van der Waals surface area (Å²) in [4.78, 5) is 30.5. The van der Waals surface area contributed by atoms with Crippen LogP contribution in [0.5, 0.6) is 5.75 Å². The van der Waals surface area contributed by atoms with Crippen molar-refractivity contribution in [1.82, 2.24) is 14.7 Å². The van der Waals surface area contributed by atoms with Gasteiger partial charge in [0.2, 0.25) is 11.8 Å². The minimum atomic E-state index is 0.0921. The molecule has 29 heavy (non-hydrogen) atoms. The summed E-state index contributed by atoms with van der Waals surface area (Å²) in [6, 6.07) is 7.45. The topological polar surface area (TPSA) is 62.3 Å². The summed E-state index contributed by atoms with van der Waals surface area (Å²) >= 11 is 7.49. The van der Waals surface area contributed by atoms with Crippen LogP contribution in [0.1, 0.15) is 0 Å². The van der Waals surface area contributed by atoms with Gasteiger partial charge in [-0.05, 0) is 12.1 Å². The van der Waals surface area contributed by atoms with E-state index in [2.05, 4.69) is 4.90 Å². The number of benzene rings is 1. The van der Waals surface area contributed by atoms with Crippen molar-refractivity contribution in [1.29, 1.82) is 0 Å². The Bertz CT molecular complexity index is 679. The lowest BCUT2D eigenvalue weighted by atomic mass is 10.3. The largest absolute Gasteiger partial charge is 0.491 e. The number of thioether (sulfide) groups is 1. The highest BCUT2D eigenvalue weighted by Gasteiger charge is 2.22. The van der Waals surface area contributed by atoms with Gasteiger partial charge in [0.25, 0.3) is 0 Å². The molecule has 7 nitrogen and oxygen atoms in total.